The molecule has 4 aliphatic carbocycles. The van der Waals surface area contributed by atoms with Crippen LogP contribution < -0.4 is 10.6 Å². The number of rotatable bonds is 0. The van der Waals surface area contributed by atoms with Gasteiger partial charge in [-0.2, -0.15) is 0 Å². The lowest BCUT2D eigenvalue weighted by Crippen LogP contribution is -2.49. The van der Waals surface area contributed by atoms with Gasteiger partial charge in [0.1, 0.15) is 0 Å². The van der Waals surface area contributed by atoms with Crippen LogP contribution in [0.2, 0.25) is 0 Å². The highest BCUT2D eigenvalue weighted by atomic mass is 15.3. The van der Waals surface area contributed by atoms with Gasteiger partial charge >= 0.3 is 0 Å². The minimum atomic E-state index is 0.814. The molecule has 0 radical (unpaired) electrons. The smallest absolute Gasteiger partial charge is 0.0221 e. The van der Waals surface area contributed by atoms with Crippen LogP contribution in [0.15, 0.2) is 0 Å². The molecule has 11 heteroatoms. The first-order chi connectivity index (χ1) is 37.8. The fraction of sp³-hybridized carbons (Fsp3) is 1.00. The summed E-state index contributed by atoms with van der Waals surface area (Å²) < 4.78 is 0. The van der Waals surface area contributed by atoms with E-state index in [1.54, 1.807) is 0 Å². The second kappa shape index (κ2) is 29.1. The summed E-state index contributed by atoms with van der Waals surface area (Å²) in [5.74, 6) is 5.38. The standard InChI is InChI=1S/C9H17N.2C8H15N.2C7H14N2.4C7H13N/c1-10-8-4-2-5-9(10)7-3-6-8;1-9-5-7-3-2-4-8(7)6-9;1-9-7-3-2-4-8(9)6-5-7;1-9-4-6-2-3-7(5-9)8-6;1-9-6-2-3-7(9)5-8-4-6;3*1-8-5-6-2-3-7(8)4-6;1-8-6-2-3-7(8)5-4-6/h8-9H,2-7H2,1H3;2*7-8H,2-6H2,1H3;2*6-8H,2-5H2,1H3;4*6-7H,2-5H2,1H3/t;;;;;2*6-,7+;;/m.....10../s1. The van der Waals surface area contributed by atoms with Gasteiger partial charge in [-0.05, 0) is 266 Å². The number of piperazine rings is 2. The molecule has 4 saturated carbocycles. The maximum Gasteiger partial charge on any atom is 0.0221 e. The molecule has 0 aromatic carbocycles. The minimum absolute atomic E-state index is 0.814. The summed E-state index contributed by atoms with van der Waals surface area (Å²) in [6, 6.07) is 12.0. The fourth-order valence-corrected chi connectivity index (χ4v) is 20.1. The molecule has 14 heterocycles. The van der Waals surface area contributed by atoms with Crippen molar-refractivity contribution in [2.24, 2.45) is 29.6 Å². The number of nitrogens with zero attached hydrogens (tertiary/aromatic N) is 9. The van der Waals surface area contributed by atoms with Crippen LogP contribution >= 0.6 is 0 Å². The number of hydrogen-bond donors (Lipinski definition) is 2. The largest absolute Gasteiger partial charge is 0.314 e. The molecule has 0 spiro atoms. The molecular formula is C67H127N11. The van der Waals surface area contributed by atoms with E-state index in [-0.39, 0.29) is 0 Å². The molecule has 78 heavy (non-hydrogen) atoms. The second-order valence-electron chi connectivity index (χ2n) is 30.5. The molecule has 450 valence electrons. The Bertz CT molecular complexity index is 1560. The number of hydrogen-bond acceptors (Lipinski definition) is 11. The Morgan fingerprint density at radius 1 is 0.256 bits per heavy atom. The first-order valence-corrected chi connectivity index (χ1v) is 34.6. The zero-order valence-electron chi connectivity index (χ0n) is 52.7. The molecule has 10 unspecified atom stereocenters. The lowest BCUT2D eigenvalue weighted by atomic mass is 9.85. The molecule has 14 atom stereocenters. The van der Waals surface area contributed by atoms with Crippen molar-refractivity contribution in [3.05, 3.63) is 0 Å². The summed E-state index contributed by atoms with van der Waals surface area (Å²) >= 11 is 0. The van der Waals surface area contributed by atoms with Gasteiger partial charge in [-0.25, -0.2) is 0 Å². The Labute approximate surface area is 482 Å². The quantitative estimate of drug-likeness (QED) is 0.244. The Kier molecular flexibility index (Phi) is 22.6. The van der Waals surface area contributed by atoms with E-state index >= 15 is 0 Å². The predicted octanol–water partition coefficient (Wildman–Crippen LogP) is 9.65. The summed E-state index contributed by atoms with van der Waals surface area (Å²) in [5.41, 5.74) is 0. The third-order valence-corrected chi connectivity index (χ3v) is 25.3. The van der Waals surface area contributed by atoms with Crippen molar-refractivity contribution in [3.63, 3.8) is 0 Å². The van der Waals surface area contributed by atoms with Crippen molar-refractivity contribution < 1.29 is 0 Å². The Morgan fingerprint density at radius 3 is 0.808 bits per heavy atom. The number of likely N-dealkylation sites (tertiary alicyclic amines) is 5. The average molecular weight is 1090 g/mol. The highest BCUT2D eigenvalue weighted by Gasteiger charge is 2.40. The first-order valence-electron chi connectivity index (χ1n) is 34.6. The van der Waals surface area contributed by atoms with Crippen molar-refractivity contribution in [2.75, 3.05) is 122 Å². The van der Waals surface area contributed by atoms with Crippen molar-refractivity contribution >= 4 is 0 Å². The molecule has 16 bridgehead atoms. The average Bonchev–Trinajstić information content (AvgIpc) is 4.27. The third kappa shape index (κ3) is 16.1. The van der Waals surface area contributed by atoms with E-state index in [1.165, 1.54) is 258 Å². The van der Waals surface area contributed by atoms with Crippen LogP contribution in [0.5, 0.6) is 0 Å². The second-order valence-corrected chi connectivity index (χ2v) is 30.5. The molecule has 0 aromatic rings. The predicted molar refractivity (Wildman–Crippen MR) is 330 cm³/mol. The van der Waals surface area contributed by atoms with E-state index < -0.39 is 0 Å². The van der Waals surface area contributed by atoms with Crippen molar-refractivity contribution in [3.8, 4) is 0 Å². The van der Waals surface area contributed by atoms with Crippen LogP contribution in [0.3, 0.4) is 0 Å². The molecule has 14 saturated heterocycles. The van der Waals surface area contributed by atoms with Crippen molar-refractivity contribution in [1.29, 1.82) is 0 Å². The number of likely N-dealkylation sites (N-methyl/N-ethyl adjacent to an activating group) is 2. The normalized spacial score (nSPS) is 44.4. The van der Waals surface area contributed by atoms with Crippen LogP contribution in [-0.4, -0.2) is 245 Å². The molecule has 2 N–H and O–H groups in total. The zero-order valence-corrected chi connectivity index (χ0v) is 52.7. The summed E-state index contributed by atoms with van der Waals surface area (Å²) in [4.78, 5) is 22.7. The van der Waals surface area contributed by atoms with E-state index in [1.807, 2.05) is 0 Å². The maximum atomic E-state index is 3.58. The van der Waals surface area contributed by atoms with Gasteiger partial charge in [0.2, 0.25) is 0 Å². The van der Waals surface area contributed by atoms with Gasteiger partial charge in [0, 0.05) is 137 Å². The summed E-state index contributed by atoms with van der Waals surface area (Å²) in [5, 5.41) is 7.01. The van der Waals surface area contributed by atoms with Gasteiger partial charge in [-0.1, -0.05) is 25.7 Å². The van der Waals surface area contributed by atoms with E-state index in [0.717, 1.165) is 108 Å². The number of nitrogens with one attached hydrogen (secondary N) is 2. The van der Waals surface area contributed by atoms with Crippen LogP contribution in [-0.2, 0) is 0 Å². The SMILES string of the molecule is CN1C2CCC1CC2.CN1C2CCC1CNC2.CN1C2CCCC1CC2.CN1C2CCCC1CCC2.CN1CC2CCC(C1)N2.CN1CC2CCC1C2.CN1CC2CCCC2C1.CN1C[C@@H]2CC[C@H]1C2.CN1C[C@H]2CC[C@@H]1C2. The van der Waals surface area contributed by atoms with Gasteiger partial charge in [0.15, 0.2) is 0 Å². The lowest BCUT2D eigenvalue weighted by molar-refractivity contribution is 0.0673. The third-order valence-electron chi connectivity index (χ3n) is 25.3. The lowest BCUT2D eigenvalue weighted by Gasteiger charge is -2.43. The highest BCUT2D eigenvalue weighted by molar-refractivity contribution is 4.96. The van der Waals surface area contributed by atoms with E-state index in [9.17, 15) is 0 Å². The Morgan fingerprint density at radius 2 is 0.538 bits per heavy atom. The molecular weight excluding hydrogens is 959 g/mol. The van der Waals surface area contributed by atoms with Crippen LogP contribution in [0.1, 0.15) is 199 Å². The monoisotopic (exact) mass is 1090 g/mol. The van der Waals surface area contributed by atoms with Crippen molar-refractivity contribution in [2.45, 2.75) is 278 Å². The van der Waals surface area contributed by atoms with E-state index in [4.69, 9.17) is 0 Å². The summed E-state index contributed by atoms with van der Waals surface area (Å²) in [7, 11) is 20.4. The van der Waals surface area contributed by atoms with E-state index in [0.29, 0.717) is 0 Å². The molecule has 18 rings (SSSR count). The highest BCUT2D eigenvalue weighted by Crippen LogP contribution is 2.40. The molecule has 0 amide bonds. The summed E-state index contributed by atoms with van der Waals surface area (Å²) in [6.45, 7) is 11.8. The van der Waals surface area contributed by atoms with Crippen LogP contribution in [0.4, 0.5) is 0 Å². The molecule has 11 nitrogen and oxygen atoms in total. The number of fused-ring (bicyclic) bond motifs is 17. The fourth-order valence-electron chi connectivity index (χ4n) is 20.1. The van der Waals surface area contributed by atoms with Gasteiger partial charge < -0.3 is 49.8 Å². The molecule has 18 aliphatic rings. The number of piperidine rings is 6. The van der Waals surface area contributed by atoms with Gasteiger partial charge in [0.05, 0.1) is 0 Å². The maximum absolute atomic E-state index is 3.58. The zero-order chi connectivity index (χ0) is 54.3. The van der Waals surface area contributed by atoms with Gasteiger partial charge in [-0.15, -0.1) is 0 Å². The Hall–Kier alpha value is -0.440. The van der Waals surface area contributed by atoms with E-state index in [2.05, 4.69) is 118 Å². The minimum Gasteiger partial charge on any atom is -0.314 e. The van der Waals surface area contributed by atoms with Crippen LogP contribution in [0.25, 0.3) is 0 Å². The summed E-state index contributed by atoms with van der Waals surface area (Å²) in [6.07, 6.45) is 45.7. The van der Waals surface area contributed by atoms with Gasteiger partial charge in [-0.3, -0.25) is 4.90 Å². The van der Waals surface area contributed by atoms with Crippen LogP contribution in [0, 0.1) is 29.6 Å². The first kappa shape index (κ1) is 60.7. The molecule has 14 aliphatic heterocycles. The topological polar surface area (TPSA) is 53.2 Å². The van der Waals surface area contributed by atoms with Gasteiger partial charge in [0.25, 0.3) is 0 Å². The molecule has 18 fully saturated rings. The van der Waals surface area contributed by atoms with Crippen molar-refractivity contribution in [1.82, 2.24) is 54.7 Å². The Balaban J connectivity index is 0.0000000993. The molecule has 0 aromatic heterocycles.